The van der Waals surface area contributed by atoms with Crippen LogP contribution in [0.25, 0.3) is 5.70 Å². The van der Waals surface area contributed by atoms with Gasteiger partial charge in [0.2, 0.25) is 5.91 Å². The maximum atomic E-state index is 12.5. The SMILES string of the molecule is Cc1c([N+](=O)[O-])ccc2c1C(N1CCCC1=O)=C(NCCO)C(C)(C)O2. The summed E-state index contributed by atoms with van der Waals surface area (Å²) < 4.78 is 6.11. The lowest BCUT2D eigenvalue weighted by Gasteiger charge is -2.40. The molecule has 2 aliphatic heterocycles. The monoisotopic (exact) mass is 361 g/mol. The first-order valence-corrected chi connectivity index (χ1v) is 8.65. The van der Waals surface area contributed by atoms with Gasteiger partial charge < -0.3 is 20.1 Å². The molecule has 0 atom stereocenters. The zero-order valence-corrected chi connectivity index (χ0v) is 15.2. The van der Waals surface area contributed by atoms with E-state index >= 15 is 0 Å². The summed E-state index contributed by atoms with van der Waals surface area (Å²) in [5.41, 5.74) is 1.50. The van der Waals surface area contributed by atoms with Crippen molar-refractivity contribution >= 4 is 17.3 Å². The predicted octanol–water partition coefficient (Wildman–Crippen LogP) is 1.95. The minimum absolute atomic E-state index is 0.0159. The van der Waals surface area contributed by atoms with Crippen molar-refractivity contribution < 1.29 is 19.6 Å². The third-order valence-corrected chi connectivity index (χ3v) is 4.79. The Bertz CT molecular complexity index is 800. The maximum absolute atomic E-state index is 12.5. The highest BCUT2D eigenvalue weighted by Gasteiger charge is 2.41. The van der Waals surface area contributed by atoms with Gasteiger partial charge in [-0.2, -0.15) is 0 Å². The number of nitro groups is 1. The van der Waals surface area contributed by atoms with Crippen molar-refractivity contribution in [2.75, 3.05) is 19.7 Å². The molecule has 0 radical (unpaired) electrons. The summed E-state index contributed by atoms with van der Waals surface area (Å²) in [5, 5.41) is 23.8. The van der Waals surface area contributed by atoms with Gasteiger partial charge in [0, 0.05) is 31.1 Å². The summed E-state index contributed by atoms with van der Waals surface area (Å²) >= 11 is 0. The summed E-state index contributed by atoms with van der Waals surface area (Å²) in [6.45, 7) is 6.16. The van der Waals surface area contributed by atoms with E-state index in [4.69, 9.17) is 4.74 Å². The smallest absolute Gasteiger partial charge is 0.273 e. The molecule has 0 saturated carbocycles. The highest BCUT2D eigenvalue weighted by molar-refractivity contribution is 5.92. The number of hydrogen-bond donors (Lipinski definition) is 2. The van der Waals surface area contributed by atoms with E-state index in [1.165, 1.54) is 6.07 Å². The molecule has 1 aromatic carbocycles. The van der Waals surface area contributed by atoms with Crippen LogP contribution in [-0.4, -0.2) is 46.1 Å². The van der Waals surface area contributed by atoms with Gasteiger partial charge in [-0.3, -0.25) is 14.9 Å². The van der Waals surface area contributed by atoms with Crippen molar-refractivity contribution in [3.05, 3.63) is 39.1 Å². The number of amides is 1. The van der Waals surface area contributed by atoms with Crippen LogP contribution in [-0.2, 0) is 4.79 Å². The number of carbonyl (C=O) groups excluding carboxylic acids is 1. The number of likely N-dealkylation sites (tertiary alicyclic amines) is 1. The highest BCUT2D eigenvalue weighted by Crippen LogP contribution is 2.46. The Labute approximate surface area is 151 Å². The first-order chi connectivity index (χ1) is 12.3. The van der Waals surface area contributed by atoms with Crippen molar-refractivity contribution in [1.29, 1.82) is 0 Å². The van der Waals surface area contributed by atoms with Gasteiger partial charge in [-0.25, -0.2) is 0 Å². The molecule has 8 heteroatoms. The van der Waals surface area contributed by atoms with Crippen LogP contribution in [0.5, 0.6) is 5.75 Å². The molecule has 1 fully saturated rings. The van der Waals surface area contributed by atoms with E-state index in [1.54, 1.807) is 17.9 Å². The first kappa shape index (κ1) is 18.2. The number of rotatable bonds is 5. The lowest BCUT2D eigenvalue weighted by molar-refractivity contribution is -0.385. The fourth-order valence-electron chi connectivity index (χ4n) is 3.62. The van der Waals surface area contributed by atoms with Crippen LogP contribution in [0.3, 0.4) is 0 Å². The summed E-state index contributed by atoms with van der Waals surface area (Å²) in [6.07, 6.45) is 1.18. The molecule has 26 heavy (non-hydrogen) atoms. The third kappa shape index (κ3) is 2.90. The van der Waals surface area contributed by atoms with Crippen LogP contribution in [0.1, 0.15) is 37.8 Å². The molecule has 0 spiro atoms. The maximum Gasteiger partial charge on any atom is 0.273 e. The van der Waals surface area contributed by atoms with Gasteiger partial charge in [0.15, 0.2) is 0 Å². The Morgan fingerprint density at radius 3 is 2.73 bits per heavy atom. The van der Waals surface area contributed by atoms with Gasteiger partial charge in [0.05, 0.1) is 28.5 Å². The topological polar surface area (TPSA) is 105 Å². The molecule has 8 nitrogen and oxygen atoms in total. The van der Waals surface area contributed by atoms with Crippen molar-refractivity contribution in [3.8, 4) is 5.75 Å². The summed E-state index contributed by atoms with van der Waals surface area (Å²) in [5.74, 6) is 0.500. The van der Waals surface area contributed by atoms with E-state index in [9.17, 15) is 20.0 Å². The second kappa shape index (κ2) is 6.60. The van der Waals surface area contributed by atoms with Gasteiger partial charge in [0.1, 0.15) is 11.4 Å². The lowest BCUT2D eigenvalue weighted by Crippen LogP contribution is -2.45. The van der Waals surface area contributed by atoms with Gasteiger partial charge in [-0.1, -0.05) is 0 Å². The van der Waals surface area contributed by atoms with Crippen molar-refractivity contribution in [1.82, 2.24) is 10.2 Å². The van der Waals surface area contributed by atoms with Crippen LogP contribution < -0.4 is 10.1 Å². The summed E-state index contributed by atoms with van der Waals surface area (Å²) in [4.78, 5) is 25.1. The predicted molar refractivity (Wildman–Crippen MR) is 95.5 cm³/mol. The number of hydrogen-bond acceptors (Lipinski definition) is 6. The van der Waals surface area contributed by atoms with E-state index in [-0.39, 0.29) is 24.7 Å². The number of fused-ring (bicyclic) bond motifs is 1. The summed E-state index contributed by atoms with van der Waals surface area (Å²) in [7, 11) is 0. The highest BCUT2D eigenvalue weighted by atomic mass is 16.6. The van der Waals surface area contributed by atoms with Crippen molar-refractivity contribution in [2.24, 2.45) is 0 Å². The molecule has 2 heterocycles. The van der Waals surface area contributed by atoms with Crippen LogP contribution in [0.2, 0.25) is 0 Å². The molecule has 0 bridgehead atoms. The van der Waals surface area contributed by atoms with Gasteiger partial charge >= 0.3 is 0 Å². The zero-order valence-electron chi connectivity index (χ0n) is 15.2. The van der Waals surface area contributed by atoms with Crippen LogP contribution >= 0.6 is 0 Å². The number of nitro benzene ring substituents is 1. The second-order valence-corrected chi connectivity index (χ2v) is 6.98. The quantitative estimate of drug-likeness (QED) is 0.613. The van der Waals surface area contributed by atoms with E-state index in [0.717, 1.165) is 6.42 Å². The Hall–Kier alpha value is -2.61. The molecular formula is C18H23N3O5. The number of ether oxygens (including phenoxy) is 1. The largest absolute Gasteiger partial charge is 0.481 e. The van der Waals surface area contributed by atoms with E-state index in [0.29, 0.717) is 41.2 Å². The lowest BCUT2D eigenvalue weighted by atomic mass is 9.91. The Kier molecular flexibility index (Phi) is 4.62. The number of benzene rings is 1. The molecule has 140 valence electrons. The molecule has 0 unspecified atom stereocenters. The molecule has 2 aliphatic rings. The van der Waals surface area contributed by atoms with Gasteiger partial charge in [-0.05, 0) is 33.3 Å². The standard InChI is InChI=1S/C18H23N3O5/c1-11-12(21(24)25)6-7-13-15(11)16(20-9-4-5-14(20)23)17(19-8-10-22)18(2,3)26-13/h6-7,19,22H,4-5,8-10H2,1-3H3. The molecule has 3 rings (SSSR count). The van der Waals surface area contributed by atoms with Crippen LogP contribution in [0.15, 0.2) is 17.8 Å². The van der Waals surface area contributed by atoms with Gasteiger partial charge in [-0.15, -0.1) is 0 Å². The Balaban J connectivity index is 2.29. The number of carbonyl (C=O) groups is 1. The average molecular weight is 361 g/mol. The van der Waals surface area contributed by atoms with Crippen molar-refractivity contribution in [3.63, 3.8) is 0 Å². The number of aliphatic hydroxyl groups excluding tert-OH is 1. The minimum Gasteiger partial charge on any atom is -0.481 e. The number of nitrogens with one attached hydrogen (secondary N) is 1. The van der Waals surface area contributed by atoms with Crippen molar-refractivity contribution in [2.45, 2.75) is 39.2 Å². The number of aliphatic hydroxyl groups is 1. The average Bonchev–Trinajstić information content (AvgIpc) is 2.97. The van der Waals surface area contributed by atoms with Crippen LogP contribution in [0.4, 0.5) is 5.69 Å². The molecule has 1 aromatic rings. The first-order valence-electron chi connectivity index (χ1n) is 8.65. The minimum atomic E-state index is -0.775. The number of nitrogens with zero attached hydrogens (tertiary/aromatic N) is 2. The third-order valence-electron chi connectivity index (χ3n) is 4.79. The second-order valence-electron chi connectivity index (χ2n) is 6.98. The fourth-order valence-corrected chi connectivity index (χ4v) is 3.62. The molecule has 0 aliphatic carbocycles. The fraction of sp³-hybridized carbons (Fsp3) is 0.500. The van der Waals surface area contributed by atoms with E-state index in [1.807, 2.05) is 13.8 Å². The Morgan fingerprint density at radius 2 is 2.15 bits per heavy atom. The van der Waals surface area contributed by atoms with Crippen LogP contribution in [0, 0.1) is 17.0 Å². The molecule has 1 amide bonds. The Morgan fingerprint density at radius 1 is 1.42 bits per heavy atom. The van der Waals surface area contributed by atoms with E-state index < -0.39 is 10.5 Å². The van der Waals surface area contributed by atoms with Gasteiger partial charge in [0.25, 0.3) is 5.69 Å². The molecular weight excluding hydrogens is 338 g/mol. The normalized spacial score (nSPS) is 18.6. The molecule has 0 aromatic heterocycles. The molecule has 1 saturated heterocycles. The summed E-state index contributed by atoms with van der Waals surface area (Å²) in [6, 6.07) is 3.02. The molecule has 2 N–H and O–H groups in total. The van der Waals surface area contributed by atoms with E-state index in [2.05, 4.69) is 5.32 Å². The zero-order chi connectivity index (χ0) is 19.1.